The van der Waals surface area contributed by atoms with Crippen LogP contribution >= 0.6 is 23.2 Å². The molecule has 0 bridgehead atoms. The largest absolute Gasteiger partial charge is 0.272 e. The van der Waals surface area contributed by atoms with Gasteiger partial charge in [-0.1, -0.05) is 47.5 Å². The molecule has 0 fully saturated rings. The number of nitro groups is 1. The number of hydrogen-bond acceptors (Lipinski definition) is 2. The summed E-state index contributed by atoms with van der Waals surface area (Å²) in [4.78, 5) is 10.5. The van der Waals surface area contributed by atoms with Crippen molar-refractivity contribution in [3.05, 3.63) is 80.2 Å². The number of halogens is 2. The highest BCUT2D eigenvalue weighted by atomic mass is 35.5. The first-order valence-corrected chi connectivity index (χ1v) is 6.34. The molecule has 0 saturated heterocycles. The molecule has 0 aliphatic heterocycles. The van der Waals surface area contributed by atoms with E-state index in [0.717, 1.165) is 5.56 Å². The third-order valence-electron chi connectivity index (χ3n) is 2.69. The minimum Gasteiger partial charge on any atom is -0.258 e. The second-order valence-electron chi connectivity index (χ2n) is 3.96. The van der Waals surface area contributed by atoms with Gasteiger partial charge in [0, 0.05) is 21.7 Å². The van der Waals surface area contributed by atoms with E-state index < -0.39 is 0 Å². The molecule has 2 aromatic rings. The van der Waals surface area contributed by atoms with Gasteiger partial charge >= 0.3 is 0 Å². The van der Waals surface area contributed by atoms with Crippen molar-refractivity contribution >= 4 is 28.9 Å². The zero-order valence-corrected chi connectivity index (χ0v) is 11.4. The number of nitro benzene ring substituents is 1. The maximum absolute atomic E-state index is 10.9. The first-order chi connectivity index (χ1) is 9.08. The summed E-state index contributed by atoms with van der Waals surface area (Å²) in [5.74, 6) is 0. The van der Waals surface area contributed by atoms with Crippen molar-refractivity contribution in [3.8, 4) is 0 Å². The summed E-state index contributed by atoms with van der Waals surface area (Å²) < 4.78 is 0. The summed E-state index contributed by atoms with van der Waals surface area (Å²) in [5, 5.41) is 12.0. The number of rotatable bonds is 4. The molecule has 97 valence electrons. The van der Waals surface area contributed by atoms with Gasteiger partial charge in [0.05, 0.1) is 4.92 Å². The monoisotopic (exact) mass is 294 g/mol. The van der Waals surface area contributed by atoms with E-state index in [9.17, 15) is 10.1 Å². The van der Waals surface area contributed by atoms with E-state index in [4.69, 9.17) is 23.2 Å². The summed E-state index contributed by atoms with van der Waals surface area (Å²) in [6.45, 7) is 0. The van der Waals surface area contributed by atoms with Crippen LogP contribution in [0.5, 0.6) is 0 Å². The lowest BCUT2D eigenvalue weighted by molar-refractivity contribution is -0.385. The van der Waals surface area contributed by atoms with Crippen LogP contribution in [0.3, 0.4) is 0 Å². The van der Waals surface area contributed by atoms with E-state index in [1.54, 1.807) is 36.4 Å². The van der Waals surface area contributed by atoms with Crippen molar-refractivity contribution in [3.63, 3.8) is 0 Å². The van der Waals surface area contributed by atoms with Gasteiger partial charge in [0.1, 0.15) is 0 Å². The Kier molecular flexibility index (Phi) is 4.40. The minimum absolute atomic E-state index is 0.115. The molecule has 5 heteroatoms. The predicted molar refractivity (Wildman–Crippen MR) is 76.7 cm³/mol. The number of para-hydroxylation sites is 1. The highest BCUT2D eigenvalue weighted by Gasteiger charge is 2.12. The Morgan fingerprint density at radius 1 is 1.16 bits per heavy atom. The maximum Gasteiger partial charge on any atom is 0.272 e. The third kappa shape index (κ3) is 3.46. The Bertz CT molecular complexity index is 614. The van der Waals surface area contributed by atoms with Crippen LogP contribution in [-0.2, 0) is 6.42 Å². The second-order valence-corrected chi connectivity index (χ2v) is 4.80. The highest BCUT2D eigenvalue weighted by molar-refractivity contribution is 6.35. The summed E-state index contributed by atoms with van der Waals surface area (Å²) in [6.07, 6.45) is 2.29. The van der Waals surface area contributed by atoms with Crippen LogP contribution in [0.15, 0.2) is 42.5 Å². The standard InChI is InChI=1S/C14H10Cl2NO2/c15-12-8-7-10(13(16)9-12)5-6-11-3-1-2-4-14(11)17(18)19/h1-5,7-9H,6H2. The van der Waals surface area contributed by atoms with E-state index in [2.05, 4.69) is 0 Å². The fourth-order valence-electron chi connectivity index (χ4n) is 1.75. The summed E-state index contributed by atoms with van der Waals surface area (Å²) >= 11 is 11.9. The normalized spacial score (nSPS) is 10.4. The summed E-state index contributed by atoms with van der Waals surface area (Å²) in [6, 6.07) is 11.8. The Morgan fingerprint density at radius 2 is 1.89 bits per heavy atom. The molecule has 3 nitrogen and oxygen atoms in total. The fraction of sp³-hybridized carbons (Fsp3) is 0.0714. The Balaban J connectivity index is 2.17. The summed E-state index contributed by atoms with van der Waals surface area (Å²) in [7, 11) is 0. The first-order valence-electron chi connectivity index (χ1n) is 5.58. The zero-order chi connectivity index (χ0) is 13.8. The van der Waals surface area contributed by atoms with Gasteiger partial charge in [0.2, 0.25) is 0 Å². The summed E-state index contributed by atoms with van der Waals surface area (Å²) in [5.41, 5.74) is 1.58. The van der Waals surface area contributed by atoms with Gasteiger partial charge < -0.3 is 0 Å². The van der Waals surface area contributed by atoms with E-state index in [1.807, 2.05) is 6.42 Å². The minimum atomic E-state index is -0.382. The Hall–Kier alpha value is -1.58. The molecule has 0 N–H and O–H groups in total. The number of hydrogen-bond donors (Lipinski definition) is 0. The second kappa shape index (κ2) is 6.04. The van der Waals surface area contributed by atoms with Crippen LogP contribution in [0.2, 0.25) is 10.0 Å². The first kappa shape index (κ1) is 13.8. The lowest BCUT2D eigenvalue weighted by Gasteiger charge is -2.05. The molecule has 19 heavy (non-hydrogen) atoms. The number of nitrogens with zero attached hydrogens (tertiary/aromatic N) is 1. The SMILES string of the molecule is O=[N+]([O-])c1ccccc1C[CH]c1ccc(Cl)cc1Cl. The van der Waals surface area contributed by atoms with Crippen LogP contribution < -0.4 is 0 Å². The third-order valence-corrected chi connectivity index (χ3v) is 3.26. The highest BCUT2D eigenvalue weighted by Crippen LogP contribution is 2.25. The molecule has 0 heterocycles. The van der Waals surface area contributed by atoms with E-state index in [-0.39, 0.29) is 10.6 Å². The smallest absolute Gasteiger partial charge is 0.258 e. The molecule has 0 saturated carbocycles. The van der Waals surface area contributed by atoms with Crippen molar-refractivity contribution < 1.29 is 4.92 Å². The zero-order valence-electron chi connectivity index (χ0n) is 9.85. The van der Waals surface area contributed by atoms with Gasteiger partial charge in [0.15, 0.2) is 0 Å². The molecule has 2 aromatic carbocycles. The van der Waals surface area contributed by atoms with Gasteiger partial charge in [0.25, 0.3) is 5.69 Å². The van der Waals surface area contributed by atoms with Crippen molar-refractivity contribution in [1.82, 2.24) is 0 Å². The molecule has 2 rings (SSSR count). The van der Waals surface area contributed by atoms with Crippen LogP contribution in [0.4, 0.5) is 5.69 Å². The van der Waals surface area contributed by atoms with Crippen LogP contribution in [0.25, 0.3) is 0 Å². The van der Waals surface area contributed by atoms with Crippen LogP contribution in [0, 0.1) is 16.5 Å². The van der Waals surface area contributed by atoms with Gasteiger partial charge in [-0.2, -0.15) is 0 Å². The molecule has 0 aromatic heterocycles. The van der Waals surface area contributed by atoms with Crippen LogP contribution in [-0.4, -0.2) is 4.92 Å². The molecule has 0 aliphatic rings. The topological polar surface area (TPSA) is 43.1 Å². The van der Waals surface area contributed by atoms with Crippen molar-refractivity contribution in [2.45, 2.75) is 6.42 Å². The number of benzene rings is 2. The predicted octanol–water partition coefficient (Wildman–Crippen LogP) is 4.70. The van der Waals surface area contributed by atoms with E-state index in [1.165, 1.54) is 6.07 Å². The molecule has 1 radical (unpaired) electrons. The van der Waals surface area contributed by atoms with Gasteiger partial charge in [-0.05, 0) is 30.5 Å². The lowest BCUT2D eigenvalue weighted by atomic mass is 10.0. The quantitative estimate of drug-likeness (QED) is 0.606. The van der Waals surface area contributed by atoms with Crippen molar-refractivity contribution in [1.29, 1.82) is 0 Å². The average molecular weight is 295 g/mol. The molecule has 0 unspecified atom stereocenters. The molecular weight excluding hydrogens is 285 g/mol. The maximum atomic E-state index is 10.9. The van der Waals surface area contributed by atoms with Gasteiger partial charge in [-0.3, -0.25) is 10.1 Å². The van der Waals surface area contributed by atoms with Crippen LogP contribution in [0.1, 0.15) is 11.1 Å². The van der Waals surface area contributed by atoms with E-state index in [0.29, 0.717) is 22.0 Å². The fourth-order valence-corrected chi connectivity index (χ4v) is 2.23. The molecule has 0 atom stereocenters. The van der Waals surface area contributed by atoms with Gasteiger partial charge in [-0.25, -0.2) is 0 Å². The molecule has 0 aliphatic carbocycles. The molecule has 0 amide bonds. The Labute approximate surface area is 120 Å². The Morgan fingerprint density at radius 3 is 2.58 bits per heavy atom. The average Bonchev–Trinajstić information content (AvgIpc) is 2.38. The molecule has 0 spiro atoms. The van der Waals surface area contributed by atoms with E-state index >= 15 is 0 Å². The lowest BCUT2D eigenvalue weighted by Crippen LogP contribution is -1.96. The molecular formula is C14H10Cl2NO2. The van der Waals surface area contributed by atoms with Crippen molar-refractivity contribution in [2.24, 2.45) is 0 Å². The van der Waals surface area contributed by atoms with Crippen molar-refractivity contribution in [2.75, 3.05) is 0 Å². The van der Waals surface area contributed by atoms with Gasteiger partial charge in [-0.15, -0.1) is 0 Å².